The van der Waals surface area contributed by atoms with E-state index in [4.69, 9.17) is 0 Å². The van der Waals surface area contributed by atoms with Crippen LogP contribution in [0.15, 0.2) is 12.3 Å². The van der Waals surface area contributed by atoms with Crippen LogP contribution >= 0.6 is 0 Å². The van der Waals surface area contributed by atoms with Crippen molar-refractivity contribution in [2.45, 2.75) is 20.8 Å². The summed E-state index contributed by atoms with van der Waals surface area (Å²) in [4.78, 5) is 22.0. The third-order valence-corrected chi connectivity index (χ3v) is 2.46. The van der Waals surface area contributed by atoms with E-state index in [0.29, 0.717) is 18.4 Å². The van der Waals surface area contributed by atoms with E-state index in [2.05, 4.69) is 34.4 Å². The van der Waals surface area contributed by atoms with Gasteiger partial charge >= 0.3 is 0 Å². The van der Waals surface area contributed by atoms with Gasteiger partial charge in [0.25, 0.3) is 0 Å². The van der Waals surface area contributed by atoms with Crippen LogP contribution < -0.4 is 15.5 Å². The SMILES string of the molecule is CCNc1nccc(N(C)CC(=O)NCC(C)C)n1. The van der Waals surface area contributed by atoms with Gasteiger partial charge in [0.2, 0.25) is 11.9 Å². The summed E-state index contributed by atoms with van der Waals surface area (Å²) < 4.78 is 0. The van der Waals surface area contributed by atoms with E-state index in [1.54, 1.807) is 17.2 Å². The van der Waals surface area contributed by atoms with Gasteiger partial charge in [-0.1, -0.05) is 13.8 Å². The number of carbonyl (C=O) groups is 1. The fraction of sp³-hybridized carbons (Fsp3) is 0.615. The Bertz CT molecular complexity index is 408. The second-order valence-electron chi connectivity index (χ2n) is 4.82. The number of hydrogen-bond donors (Lipinski definition) is 2. The zero-order valence-corrected chi connectivity index (χ0v) is 12.1. The fourth-order valence-electron chi connectivity index (χ4n) is 1.48. The number of anilines is 2. The largest absolute Gasteiger partial charge is 0.354 e. The van der Waals surface area contributed by atoms with Gasteiger partial charge in [-0.05, 0) is 18.9 Å². The standard InChI is InChI=1S/C13H23N5O/c1-5-14-13-15-7-6-11(17-13)18(4)9-12(19)16-8-10(2)3/h6-7,10H,5,8-9H2,1-4H3,(H,16,19)(H,14,15,17). The summed E-state index contributed by atoms with van der Waals surface area (Å²) in [6.07, 6.45) is 1.68. The third-order valence-electron chi connectivity index (χ3n) is 2.46. The van der Waals surface area contributed by atoms with E-state index in [1.807, 2.05) is 14.0 Å². The van der Waals surface area contributed by atoms with E-state index >= 15 is 0 Å². The van der Waals surface area contributed by atoms with Gasteiger partial charge in [-0.2, -0.15) is 4.98 Å². The van der Waals surface area contributed by atoms with E-state index in [9.17, 15) is 4.79 Å². The number of rotatable bonds is 7. The molecule has 6 heteroatoms. The lowest BCUT2D eigenvalue weighted by atomic mass is 10.2. The zero-order chi connectivity index (χ0) is 14.3. The highest BCUT2D eigenvalue weighted by Crippen LogP contribution is 2.09. The van der Waals surface area contributed by atoms with Gasteiger partial charge in [-0.3, -0.25) is 4.79 Å². The second kappa shape index (κ2) is 7.56. The van der Waals surface area contributed by atoms with E-state index < -0.39 is 0 Å². The van der Waals surface area contributed by atoms with Gasteiger partial charge in [0.15, 0.2) is 0 Å². The first-order valence-corrected chi connectivity index (χ1v) is 6.57. The first-order chi connectivity index (χ1) is 9.02. The van der Waals surface area contributed by atoms with Crippen molar-refractivity contribution in [1.29, 1.82) is 0 Å². The van der Waals surface area contributed by atoms with Crippen molar-refractivity contribution in [1.82, 2.24) is 15.3 Å². The van der Waals surface area contributed by atoms with Crippen LogP contribution in [-0.4, -0.2) is 42.6 Å². The molecule has 0 saturated carbocycles. The molecule has 1 heterocycles. The average molecular weight is 265 g/mol. The molecule has 106 valence electrons. The number of nitrogens with zero attached hydrogens (tertiary/aromatic N) is 3. The van der Waals surface area contributed by atoms with Crippen molar-refractivity contribution in [3.63, 3.8) is 0 Å². The van der Waals surface area contributed by atoms with Crippen LogP contribution in [0.2, 0.25) is 0 Å². The average Bonchev–Trinajstić information content (AvgIpc) is 2.37. The highest BCUT2D eigenvalue weighted by atomic mass is 16.2. The highest BCUT2D eigenvalue weighted by Gasteiger charge is 2.09. The Morgan fingerprint density at radius 2 is 2.21 bits per heavy atom. The first-order valence-electron chi connectivity index (χ1n) is 6.57. The maximum atomic E-state index is 11.7. The maximum Gasteiger partial charge on any atom is 0.239 e. The Morgan fingerprint density at radius 3 is 2.84 bits per heavy atom. The van der Waals surface area contributed by atoms with Gasteiger partial charge in [0.05, 0.1) is 6.54 Å². The summed E-state index contributed by atoms with van der Waals surface area (Å²) in [6, 6.07) is 1.79. The van der Waals surface area contributed by atoms with Crippen molar-refractivity contribution in [3.8, 4) is 0 Å². The van der Waals surface area contributed by atoms with Gasteiger partial charge < -0.3 is 15.5 Å². The molecule has 0 aliphatic rings. The number of amides is 1. The zero-order valence-electron chi connectivity index (χ0n) is 12.1. The normalized spacial score (nSPS) is 10.4. The molecule has 0 aliphatic heterocycles. The first kappa shape index (κ1) is 15.2. The lowest BCUT2D eigenvalue weighted by molar-refractivity contribution is -0.119. The minimum atomic E-state index is -0.000173. The van der Waals surface area contributed by atoms with Gasteiger partial charge in [-0.25, -0.2) is 4.98 Å². The van der Waals surface area contributed by atoms with Crippen molar-refractivity contribution in [2.75, 3.05) is 36.9 Å². The molecule has 0 aromatic carbocycles. The molecule has 0 saturated heterocycles. The molecule has 0 aliphatic carbocycles. The molecule has 1 aromatic rings. The van der Waals surface area contributed by atoms with Crippen molar-refractivity contribution >= 4 is 17.7 Å². The molecule has 1 rings (SSSR count). The number of carbonyl (C=O) groups excluding carboxylic acids is 1. The van der Waals surface area contributed by atoms with Crippen LogP contribution in [0.4, 0.5) is 11.8 Å². The molecular weight excluding hydrogens is 242 g/mol. The summed E-state index contributed by atoms with van der Waals surface area (Å²) in [5.74, 6) is 1.76. The highest BCUT2D eigenvalue weighted by molar-refractivity contribution is 5.80. The molecule has 0 fully saturated rings. The fourth-order valence-corrected chi connectivity index (χ4v) is 1.48. The van der Waals surface area contributed by atoms with Crippen LogP contribution in [0.1, 0.15) is 20.8 Å². The molecular formula is C13H23N5O. The van der Waals surface area contributed by atoms with Crippen LogP contribution in [0, 0.1) is 5.92 Å². The molecule has 19 heavy (non-hydrogen) atoms. The summed E-state index contributed by atoms with van der Waals surface area (Å²) in [5.41, 5.74) is 0. The minimum Gasteiger partial charge on any atom is -0.354 e. The Balaban J connectivity index is 2.54. The topological polar surface area (TPSA) is 70.2 Å². The van der Waals surface area contributed by atoms with Gasteiger partial charge in [0.1, 0.15) is 5.82 Å². The van der Waals surface area contributed by atoms with Crippen molar-refractivity contribution < 1.29 is 4.79 Å². The van der Waals surface area contributed by atoms with Crippen molar-refractivity contribution in [2.24, 2.45) is 5.92 Å². The number of aromatic nitrogens is 2. The number of nitrogens with one attached hydrogen (secondary N) is 2. The monoisotopic (exact) mass is 265 g/mol. The number of likely N-dealkylation sites (N-methyl/N-ethyl adjacent to an activating group) is 1. The molecule has 0 bridgehead atoms. The Labute approximate surface area is 114 Å². The van der Waals surface area contributed by atoms with Gasteiger partial charge in [-0.15, -0.1) is 0 Å². The summed E-state index contributed by atoms with van der Waals surface area (Å²) >= 11 is 0. The Hall–Kier alpha value is -1.85. The number of hydrogen-bond acceptors (Lipinski definition) is 5. The van der Waals surface area contributed by atoms with E-state index in [0.717, 1.165) is 12.4 Å². The van der Waals surface area contributed by atoms with E-state index in [-0.39, 0.29) is 12.5 Å². The minimum absolute atomic E-state index is 0.000173. The molecule has 6 nitrogen and oxygen atoms in total. The molecule has 1 aromatic heterocycles. The van der Waals surface area contributed by atoms with E-state index in [1.165, 1.54) is 0 Å². The predicted molar refractivity (Wildman–Crippen MR) is 77.3 cm³/mol. The van der Waals surface area contributed by atoms with Gasteiger partial charge in [0, 0.05) is 26.3 Å². The summed E-state index contributed by atoms with van der Waals surface area (Å²) in [6.45, 7) is 7.86. The molecule has 1 amide bonds. The second-order valence-corrected chi connectivity index (χ2v) is 4.82. The summed E-state index contributed by atoms with van der Waals surface area (Å²) in [7, 11) is 1.84. The Kier molecular flexibility index (Phi) is 6.05. The summed E-state index contributed by atoms with van der Waals surface area (Å²) in [5, 5.41) is 5.93. The van der Waals surface area contributed by atoms with Crippen molar-refractivity contribution in [3.05, 3.63) is 12.3 Å². The molecule has 0 atom stereocenters. The quantitative estimate of drug-likeness (QED) is 0.773. The molecule has 2 N–H and O–H groups in total. The molecule has 0 unspecified atom stereocenters. The maximum absolute atomic E-state index is 11.7. The van der Waals surface area contributed by atoms with Crippen LogP contribution in [-0.2, 0) is 4.79 Å². The molecule has 0 radical (unpaired) electrons. The predicted octanol–water partition coefficient (Wildman–Crippen LogP) is 1.12. The van der Waals surface area contributed by atoms with Crippen LogP contribution in [0.3, 0.4) is 0 Å². The lowest BCUT2D eigenvalue weighted by Crippen LogP contribution is -2.37. The van der Waals surface area contributed by atoms with Crippen LogP contribution in [0.25, 0.3) is 0 Å². The smallest absolute Gasteiger partial charge is 0.239 e. The third kappa shape index (κ3) is 5.54. The van der Waals surface area contributed by atoms with Crippen LogP contribution in [0.5, 0.6) is 0 Å². The lowest BCUT2D eigenvalue weighted by Gasteiger charge is -2.18. The Morgan fingerprint density at radius 1 is 1.47 bits per heavy atom. The molecule has 0 spiro atoms.